The molecule has 0 spiro atoms. The van der Waals surface area contributed by atoms with Crippen molar-refractivity contribution in [3.05, 3.63) is 29.8 Å². The highest BCUT2D eigenvalue weighted by molar-refractivity contribution is 6.10. The van der Waals surface area contributed by atoms with Crippen LogP contribution < -0.4 is 5.32 Å². The average molecular weight is 366 g/mol. The van der Waals surface area contributed by atoms with Gasteiger partial charge < -0.3 is 5.32 Å². The van der Waals surface area contributed by atoms with Gasteiger partial charge in [0.2, 0.25) is 0 Å². The van der Waals surface area contributed by atoms with Crippen LogP contribution in [0.15, 0.2) is 29.4 Å². The Hall–Kier alpha value is -1.84. The van der Waals surface area contributed by atoms with E-state index in [-0.39, 0.29) is 6.03 Å². The van der Waals surface area contributed by atoms with Crippen molar-refractivity contribution in [2.45, 2.75) is 76.7 Å². The molecule has 0 unspecified atom stereocenters. The number of nitrogens with zero attached hydrogens (tertiary/aromatic N) is 2. The molecule has 1 aromatic carbocycles. The Labute approximate surface area is 162 Å². The number of benzene rings is 1. The summed E-state index contributed by atoms with van der Waals surface area (Å²) < 4.78 is 0. The molecule has 4 aliphatic rings. The first-order chi connectivity index (χ1) is 13.3. The van der Waals surface area contributed by atoms with Gasteiger partial charge in [0.25, 0.3) is 0 Å². The first-order valence-electron chi connectivity index (χ1n) is 11.1. The Bertz CT molecular complexity index is 715. The van der Waals surface area contributed by atoms with Crippen molar-refractivity contribution in [1.29, 1.82) is 0 Å². The topological polar surface area (TPSA) is 44.7 Å². The van der Waals surface area contributed by atoms with Crippen molar-refractivity contribution in [3.63, 3.8) is 0 Å². The molecular formula is C23H31N3O. The van der Waals surface area contributed by atoms with E-state index in [1.165, 1.54) is 70.6 Å². The van der Waals surface area contributed by atoms with Gasteiger partial charge in [-0.05, 0) is 56.4 Å². The average Bonchev–Trinajstić information content (AvgIpc) is 2.84. The SMILES string of the molecule is O=C1Nc2ccccc2C(C2CCCCC2)=NN1C1C2CCCC1CCC2. The van der Waals surface area contributed by atoms with E-state index in [2.05, 4.69) is 17.4 Å². The number of anilines is 1. The van der Waals surface area contributed by atoms with E-state index in [0.717, 1.165) is 17.0 Å². The summed E-state index contributed by atoms with van der Waals surface area (Å²) in [5, 5.41) is 10.3. The van der Waals surface area contributed by atoms with Crippen molar-refractivity contribution in [1.82, 2.24) is 5.01 Å². The summed E-state index contributed by atoms with van der Waals surface area (Å²) in [5.74, 6) is 1.74. The molecule has 5 rings (SSSR count). The predicted octanol–water partition coefficient (Wildman–Crippen LogP) is 5.79. The largest absolute Gasteiger partial charge is 0.342 e. The first-order valence-corrected chi connectivity index (χ1v) is 11.1. The Morgan fingerprint density at radius 2 is 1.52 bits per heavy atom. The number of para-hydroxylation sites is 1. The minimum absolute atomic E-state index is 0.0166. The number of nitrogens with one attached hydrogen (secondary N) is 1. The Kier molecular flexibility index (Phi) is 4.66. The molecule has 1 aromatic rings. The maximum Gasteiger partial charge on any atom is 0.342 e. The molecule has 0 saturated heterocycles. The third-order valence-corrected chi connectivity index (χ3v) is 7.41. The minimum Gasteiger partial charge on any atom is -0.306 e. The van der Waals surface area contributed by atoms with Crippen molar-refractivity contribution < 1.29 is 4.79 Å². The minimum atomic E-state index is -0.0166. The second kappa shape index (κ2) is 7.29. The van der Waals surface area contributed by atoms with E-state index in [0.29, 0.717) is 23.8 Å². The highest BCUT2D eigenvalue weighted by Gasteiger charge is 2.43. The molecule has 3 saturated carbocycles. The second-order valence-electron chi connectivity index (χ2n) is 9.01. The quantitative estimate of drug-likeness (QED) is 0.708. The van der Waals surface area contributed by atoms with Gasteiger partial charge in [0.05, 0.1) is 17.4 Å². The Morgan fingerprint density at radius 3 is 2.22 bits per heavy atom. The van der Waals surface area contributed by atoms with Crippen molar-refractivity contribution in [2.75, 3.05) is 5.32 Å². The van der Waals surface area contributed by atoms with Gasteiger partial charge in [-0.15, -0.1) is 0 Å². The van der Waals surface area contributed by atoms with Crippen LogP contribution in [0.3, 0.4) is 0 Å². The molecule has 4 heteroatoms. The van der Waals surface area contributed by atoms with Gasteiger partial charge in [0.15, 0.2) is 0 Å². The van der Waals surface area contributed by atoms with E-state index in [4.69, 9.17) is 5.10 Å². The van der Waals surface area contributed by atoms with E-state index < -0.39 is 0 Å². The molecule has 0 radical (unpaired) electrons. The molecule has 1 N–H and O–H groups in total. The zero-order chi connectivity index (χ0) is 18.2. The van der Waals surface area contributed by atoms with Crippen LogP contribution in [0.5, 0.6) is 0 Å². The fourth-order valence-electron chi connectivity index (χ4n) is 6.12. The van der Waals surface area contributed by atoms with E-state index >= 15 is 0 Å². The molecule has 3 aliphatic carbocycles. The molecular weight excluding hydrogens is 334 g/mol. The lowest BCUT2D eigenvalue weighted by molar-refractivity contribution is 0.0482. The van der Waals surface area contributed by atoms with Gasteiger partial charge in [-0.25, -0.2) is 9.80 Å². The van der Waals surface area contributed by atoms with Crippen molar-refractivity contribution in [3.8, 4) is 0 Å². The van der Waals surface area contributed by atoms with Crippen LogP contribution in [0.1, 0.15) is 76.2 Å². The van der Waals surface area contributed by atoms with E-state index in [9.17, 15) is 4.79 Å². The predicted molar refractivity (Wildman–Crippen MR) is 109 cm³/mol. The molecule has 2 bridgehead atoms. The summed E-state index contributed by atoms with van der Waals surface area (Å²) in [5.41, 5.74) is 3.24. The number of rotatable bonds is 2. The monoisotopic (exact) mass is 365 g/mol. The zero-order valence-electron chi connectivity index (χ0n) is 16.2. The molecule has 1 heterocycles. The molecule has 3 fully saturated rings. The fourth-order valence-corrected chi connectivity index (χ4v) is 6.12. The third-order valence-electron chi connectivity index (χ3n) is 7.41. The molecule has 4 nitrogen and oxygen atoms in total. The van der Waals surface area contributed by atoms with Crippen molar-refractivity contribution in [2.24, 2.45) is 22.9 Å². The summed E-state index contributed by atoms with van der Waals surface area (Å²) >= 11 is 0. The lowest BCUT2D eigenvalue weighted by Crippen LogP contribution is -2.51. The zero-order valence-corrected chi connectivity index (χ0v) is 16.2. The number of urea groups is 1. The lowest BCUT2D eigenvalue weighted by Gasteiger charge is -2.46. The van der Waals surface area contributed by atoms with Crippen LogP contribution in [0.2, 0.25) is 0 Å². The van der Waals surface area contributed by atoms with Gasteiger partial charge in [0, 0.05) is 11.5 Å². The summed E-state index contributed by atoms with van der Waals surface area (Å²) in [6, 6.07) is 8.56. The number of carbonyl (C=O) groups excluding carboxylic acids is 1. The van der Waals surface area contributed by atoms with E-state index in [1.54, 1.807) is 0 Å². The molecule has 144 valence electrons. The number of amides is 2. The lowest BCUT2D eigenvalue weighted by atomic mass is 9.68. The Balaban J connectivity index is 1.56. The van der Waals surface area contributed by atoms with Gasteiger partial charge in [-0.3, -0.25) is 0 Å². The normalized spacial score (nSPS) is 31.6. The number of fused-ring (bicyclic) bond motifs is 3. The molecule has 0 atom stereocenters. The summed E-state index contributed by atoms with van der Waals surface area (Å²) in [6.45, 7) is 0. The van der Waals surface area contributed by atoms with Gasteiger partial charge in [0.1, 0.15) is 0 Å². The van der Waals surface area contributed by atoms with Crippen LogP contribution in [-0.2, 0) is 0 Å². The molecule has 2 amide bonds. The van der Waals surface area contributed by atoms with Crippen LogP contribution in [0.4, 0.5) is 10.5 Å². The van der Waals surface area contributed by atoms with E-state index in [1.807, 2.05) is 17.1 Å². The first kappa shape index (κ1) is 17.3. The van der Waals surface area contributed by atoms with Crippen LogP contribution in [0, 0.1) is 17.8 Å². The van der Waals surface area contributed by atoms with Crippen molar-refractivity contribution >= 4 is 17.4 Å². The highest BCUT2D eigenvalue weighted by Crippen LogP contribution is 2.44. The molecule has 1 aliphatic heterocycles. The maximum absolute atomic E-state index is 13.2. The van der Waals surface area contributed by atoms with Crippen LogP contribution in [0.25, 0.3) is 0 Å². The summed E-state index contributed by atoms with van der Waals surface area (Å²) in [7, 11) is 0. The van der Waals surface area contributed by atoms with Crippen LogP contribution in [-0.4, -0.2) is 22.8 Å². The van der Waals surface area contributed by atoms with Gasteiger partial charge in [-0.1, -0.05) is 50.3 Å². The van der Waals surface area contributed by atoms with Gasteiger partial charge >= 0.3 is 6.03 Å². The maximum atomic E-state index is 13.2. The third kappa shape index (κ3) is 3.17. The molecule has 27 heavy (non-hydrogen) atoms. The Morgan fingerprint density at radius 1 is 0.852 bits per heavy atom. The van der Waals surface area contributed by atoms with Crippen LogP contribution >= 0.6 is 0 Å². The molecule has 0 aromatic heterocycles. The summed E-state index contributed by atoms with van der Waals surface area (Å²) in [4.78, 5) is 13.2. The highest BCUT2D eigenvalue weighted by atomic mass is 16.2. The standard InChI is InChI=1S/C23H31N3O/c27-23-24-20-15-5-4-14-19(20)21(16-8-2-1-3-9-16)25-26(23)22-17-10-6-11-18(22)13-7-12-17/h4-5,14-18,22H,1-3,6-13H2,(H,24,27). The fraction of sp³-hybridized carbons (Fsp3) is 0.652. The van der Waals surface area contributed by atoms with Gasteiger partial charge in [-0.2, -0.15) is 5.10 Å². The number of hydrazone groups is 1. The summed E-state index contributed by atoms with van der Waals surface area (Å²) in [6.07, 6.45) is 14.0. The number of hydrogen-bond acceptors (Lipinski definition) is 2. The number of hydrogen-bond donors (Lipinski definition) is 1. The number of carbonyl (C=O) groups is 1. The smallest absolute Gasteiger partial charge is 0.306 e. The second-order valence-corrected chi connectivity index (χ2v) is 9.01.